The summed E-state index contributed by atoms with van der Waals surface area (Å²) in [6.45, 7) is 11.3. The van der Waals surface area contributed by atoms with E-state index in [9.17, 15) is 0 Å². The first kappa shape index (κ1) is 18.6. The number of nitrogens with one attached hydrogen (secondary N) is 1. The Balaban J connectivity index is 0.00000220. The van der Waals surface area contributed by atoms with E-state index in [0.717, 1.165) is 44.4 Å². The molecule has 0 spiro atoms. The van der Waals surface area contributed by atoms with E-state index < -0.39 is 0 Å². The number of hydrogen-bond donors (Lipinski definition) is 1. The minimum Gasteiger partial charge on any atom is -0.357 e. The van der Waals surface area contributed by atoms with Crippen molar-refractivity contribution >= 4 is 41.7 Å². The van der Waals surface area contributed by atoms with Gasteiger partial charge in [-0.15, -0.1) is 24.0 Å². The maximum Gasteiger partial charge on any atom is 0.194 e. The Morgan fingerprint density at radius 1 is 1.48 bits per heavy atom. The molecule has 1 aromatic heterocycles. The maximum absolute atomic E-state index is 4.74. The molecule has 1 fully saturated rings. The van der Waals surface area contributed by atoms with Crippen LogP contribution in [0.1, 0.15) is 20.8 Å². The van der Waals surface area contributed by atoms with Crippen LogP contribution in [-0.2, 0) is 6.54 Å². The molecule has 0 bridgehead atoms. The van der Waals surface area contributed by atoms with Crippen LogP contribution in [0.3, 0.4) is 0 Å². The van der Waals surface area contributed by atoms with Crippen LogP contribution in [0.4, 0.5) is 0 Å². The van der Waals surface area contributed by atoms with E-state index in [1.165, 1.54) is 0 Å². The lowest BCUT2D eigenvalue weighted by atomic mass is 10.2. The molecule has 21 heavy (non-hydrogen) atoms. The summed E-state index contributed by atoms with van der Waals surface area (Å²) in [7, 11) is 0. The molecule has 1 saturated heterocycles. The third-order valence-electron chi connectivity index (χ3n) is 3.21. The first-order valence-electron chi connectivity index (χ1n) is 7.25. The van der Waals surface area contributed by atoms with Crippen LogP contribution in [0.5, 0.6) is 0 Å². The molecule has 0 radical (unpaired) electrons. The molecule has 7 heteroatoms. The first-order valence-corrected chi connectivity index (χ1v) is 8.24. The highest BCUT2D eigenvalue weighted by Gasteiger charge is 2.28. The summed E-state index contributed by atoms with van der Waals surface area (Å²) in [5.74, 6) is 2.20. The third-order valence-corrected chi connectivity index (χ3v) is 4.51. The number of halogens is 1. The predicted molar refractivity (Wildman–Crippen MR) is 102 cm³/mol. The zero-order valence-electron chi connectivity index (χ0n) is 13.1. The molecule has 1 aromatic rings. The topological polar surface area (TPSA) is 45.5 Å². The Bertz CT molecular complexity index is 433. The summed E-state index contributed by atoms with van der Waals surface area (Å²) in [5, 5.41) is 7.61. The Hall–Kier alpha value is -0.440. The lowest BCUT2D eigenvalue weighted by molar-refractivity contribution is 0.375. The van der Waals surface area contributed by atoms with E-state index >= 15 is 0 Å². The van der Waals surface area contributed by atoms with Gasteiger partial charge in [-0.1, -0.05) is 0 Å². The Labute approximate surface area is 149 Å². The minimum atomic E-state index is 0. The Morgan fingerprint density at radius 3 is 2.90 bits per heavy atom. The molecule has 1 N–H and O–H groups in total. The number of thioether (sulfide) groups is 1. The second kappa shape index (κ2) is 8.87. The second-order valence-corrected chi connectivity index (χ2v) is 7.34. The standard InChI is InChI=1S/C14H25N5S.HI/c1-4-15-13(16-7-9-19-8-5-6-17-19)18-10-11-20-14(2,3)12-18;/h5-6,8H,4,7,9-12H2,1-3H3,(H,15,16);1H. The molecule has 0 aliphatic carbocycles. The summed E-state index contributed by atoms with van der Waals surface area (Å²) >= 11 is 2.04. The van der Waals surface area contributed by atoms with Crippen molar-refractivity contribution in [2.24, 2.45) is 4.99 Å². The second-order valence-electron chi connectivity index (χ2n) is 5.53. The van der Waals surface area contributed by atoms with Gasteiger partial charge in [0.1, 0.15) is 0 Å². The van der Waals surface area contributed by atoms with E-state index in [2.05, 4.69) is 36.1 Å². The van der Waals surface area contributed by atoms with Crippen LogP contribution >= 0.6 is 35.7 Å². The molecule has 2 heterocycles. The van der Waals surface area contributed by atoms with Crippen molar-refractivity contribution in [1.29, 1.82) is 0 Å². The Kier molecular flexibility index (Phi) is 7.86. The predicted octanol–water partition coefficient (Wildman–Crippen LogP) is 2.29. The molecular formula is C14H26IN5S. The average molecular weight is 423 g/mol. The SMILES string of the molecule is CCNC(=NCCn1cccn1)N1CCSC(C)(C)C1.I. The van der Waals surface area contributed by atoms with Crippen molar-refractivity contribution < 1.29 is 0 Å². The molecule has 120 valence electrons. The van der Waals surface area contributed by atoms with Gasteiger partial charge in [-0.3, -0.25) is 9.67 Å². The van der Waals surface area contributed by atoms with Crippen molar-refractivity contribution in [2.45, 2.75) is 32.1 Å². The van der Waals surface area contributed by atoms with E-state index in [1.807, 2.05) is 28.7 Å². The summed E-state index contributed by atoms with van der Waals surface area (Å²) in [6.07, 6.45) is 3.78. The fourth-order valence-electron chi connectivity index (χ4n) is 2.31. The van der Waals surface area contributed by atoms with Crippen LogP contribution in [0.25, 0.3) is 0 Å². The zero-order chi connectivity index (χ0) is 14.4. The molecule has 2 rings (SSSR count). The lowest BCUT2D eigenvalue weighted by Crippen LogP contribution is -2.51. The zero-order valence-corrected chi connectivity index (χ0v) is 16.2. The van der Waals surface area contributed by atoms with Gasteiger partial charge in [-0.05, 0) is 26.8 Å². The van der Waals surface area contributed by atoms with Gasteiger partial charge in [0.15, 0.2) is 5.96 Å². The van der Waals surface area contributed by atoms with Crippen LogP contribution in [0.2, 0.25) is 0 Å². The smallest absolute Gasteiger partial charge is 0.194 e. The highest BCUT2D eigenvalue weighted by molar-refractivity contribution is 14.0. The number of aliphatic imine (C=N–C) groups is 1. The fraction of sp³-hybridized carbons (Fsp3) is 0.714. The lowest BCUT2D eigenvalue weighted by Gasteiger charge is -2.39. The summed E-state index contributed by atoms with van der Waals surface area (Å²) < 4.78 is 2.22. The fourth-order valence-corrected chi connectivity index (χ4v) is 3.43. The summed E-state index contributed by atoms with van der Waals surface area (Å²) in [6, 6.07) is 1.94. The van der Waals surface area contributed by atoms with Gasteiger partial charge in [-0.2, -0.15) is 16.9 Å². The molecule has 0 saturated carbocycles. The van der Waals surface area contributed by atoms with Gasteiger partial charge in [0.05, 0.1) is 13.1 Å². The summed E-state index contributed by atoms with van der Waals surface area (Å²) in [5.41, 5.74) is 0. The van der Waals surface area contributed by atoms with Gasteiger partial charge in [0, 0.05) is 42.5 Å². The van der Waals surface area contributed by atoms with Crippen molar-refractivity contribution in [3.63, 3.8) is 0 Å². The van der Waals surface area contributed by atoms with Crippen molar-refractivity contribution in [3.05, 3.63) is 18.5 Å². The number of aromatic nitrogens is 2. The normalized spacial score (nSPS) is 18.2. The van der Waals surface area contributed by atoms with Crippen LogP contribution in [-0.4, -0.2) is 57.3 Å². The minimum absolute atomic E-state index is 0. The molecule has 1 aliphatic heterocycles. The monoisotopic (exact) mass is 423 g/mol. The number of guanidine groups is 1. The van der Waals surface area contributed by atoms with E-state index in [1.54, 1.807) is 6.20 Å². The van der Waals surface area contributed by atoms with Gasteiger partial charge in [-0.25, -0.2) is 0 Å². The molecule has 0 unspecified atom stereocenters. The maximum atomic E-state index is 4.74. The summed E-state index contributed by atoms with van der Waals surface area (Å²) in [4.78, 5) is 7.12. The van der Waals surface area contributed by atoms with E-state index in [4.69, 9.17) is 4.99 Å². The quantitative estimate of drug-likeness (QED) is 0.459. The van der Waals surface area contributed by atoms with E-state index in [-0.39, 0.29) is 24.0 Å². The van der Waals surface area contributed by atoms with Crippen molar-refractivity contribution in [3.8, 4) is 0 Å². The van der Waals surface area contributed by atoms with Crippen LogP contribution in [0.15, 0.2) is 23.5 Å². The number of rotatable bonds is 4. The third kappa shape index (κ3) is 6.06. The average Bonchev–Trinajstić information content (AvgIpc) is 2.90. The highest BCUT2D eigenvalue weighted by Crippen LogP contribution is 2.29. The van der Waals surface area contributed by atoms with Crippen molar-refractivity contribution in [2.75, 3.05) is 31.9 Å². The number of nitrogens with zero attached hydrogens (tertiary/aromatic N) is 4. The molecule has 0 amide bonds. The Morgan fingerprint density at radius 2 is 2.29 bits per heavy atom. The van der Waals surface area contributed by atoms with Gasteiger partial charge < -0.3 is 10.2 Å². The molecule has 1 aliphatic rings. The first-order chi connectivity index (χ1) is 9.61. The van der Waals surface area contributed by atoms with Gasteiger partial charge in [0.25, 0.3) is 0 Å². The largest absolute Gasteiger partial charge is 0.357 e. The van der Waals surface area contributed by atoms with Crippen molar-refractivity contribution in [1.82, 2.24) is 20.0 Å². The van der Waals surface area contributed by atoms with Gasteiger partial charge in [0.2, 0.25) is 0 Å². The molecular weight excluding hydrogens is 397 g/mol. The molecule has 0 atom stereocenters. The van der Waals surface area contributed by atoms with E-state index in [0.29, 0.717) is 4.75 Å². The molecule has 5 nitrogen and oxygen atoms in total. The van der Waals surface area contributed by atoms with Gasteiger partial charge >= 0.3 is 0 Å². The van der Waals surface area contributed by atoms with Crippen LogP contribution in [0, 0.1) is 0 Å². The molecule has 0 aromatic carbocycles. The highest BCUT2D eigenvalue weighted by atomic mass is 127. The van der Waals surface area contributed by atoms with Crippen LogP contribution < -0.4 is 5.32 Å². The number of hydrogen-bond acceptors (Lipinski definition) is 3.